The van der Waals surface area contributed by atoms with Crippen molar-refractivity contribution in [1.29, 1.82) is 0 Å². The molecule has 3 rings (SSSR count). The number of carbonyl (C=O) groups excluding carboxylic acids is 1. The van der Waals surface area contributed by atoms with Gasteiger partial charge in [-0.2, -0.15) is 0 Å². The number of anilines is 1. The zero-order valence-electron chi connectivity index (χ0n) is 15.1. The second-order valence-corrected chi connectivity index (χ2v) is 7.31. The number of hydrogen-bond donors (Lipinski definition) is 1. The minimum atomic E-state index is -0.181. The van der Waals surface area contributed by atoms with E-state index in [0.29, 0.717) is 23.7 Å². The van der Waals surface area contributed by atoms with Crippen LogP contribution in [0.5, 0.6) is 5.75 Å². The van der Waals surface area contributed by atoms with E-state index in [1.54, 1.807) is 12.1 Å². The summed E-state index contributed by atoms with van der Waals surface area (Å²) in [6.07, 6.45) is 0.644. The highest BCUT2D eigenvalue weighted by molar-refractivity contribution is 7.15. The summed E-state index contributed by atoms with van der Waals surface area (Å²) in [7, 11) is 0. The van der Waals surface area contributed by atoms with Gasteiger partial charge in [0.15, 0.2) is 0 Å². The highest BCUT2D eigenvalue weighted by atomic mass is 32.1. The largest absolute Gasteiger partial charge is 0.493 e. The van der Waals surface area contributed by atoms with E-state index in [0.717, 1.165) is 16.3 Å². The number of rotatable bonds is 6. The van der Waals surface area contributed by atoms with Crippen molar-refractivity contribution < 1.29 is 9.53 Å². The molecule has 3 aromatic rings. The Labute approximate surface area is 157 Å². The van der Waals surface area contributed by atoms with Crippen molar-refractivity contribution in [2.24, 2.45) is 0 Å². The average molecular weight is 367 g/mol. The lowest BCUT2D eigenvalue weighted by molar-refractivity contribution is 0.102. The fourth-order valence-corrected chi connectivity index (χ4v) is 3.27. The Balaban J connectivity index is 1.53. The maximum absolute atomic E-state index is 12.2. The summed E-state index contributed by atoms with van der Waals surface area (Å²) in [4.78, 5) is 12.2. The molecule has 1 amide bonds. The van der Waals surface area contributed by atoms with Crippen molar-refractivity contribution in [2.45, 2.75) is 27.2 Å². The Morgan fingerprint density at radius 3 is 2.38 bits per heavy atom. The summed E-state index contributed by atoms with van der Waals surface area (Å²) < 4.78 is 5.79. The second kappa shape index (κ2) is 8.10. The molecule has 6 heteroatoms. The number of aryl methyl sites for hydroxylation is 3. The van der Waals surface area contributed by atoms with Gasteiger partial charge < -0.3 is 4.74 Å². The van der Waals surface area contributed by atoms with Crippen LogP contribution >= 0.6 is 11.3 Å². The first-order valence-corrected chi connectivity index (χ1v) is 9.23. The first-order chi connectivity index (χ1) is 12.5. The van der Waals surface area contributed by atoms with Gasteiger partial charge in [-0.15, -0.1) is 10.2 Å². The molecule has 0 unspecified atom stereocenters. The smallest absolute Gasteiger partial charge is 0.257 e. The lowest BCUT2D eigenvalue weighted by atomic mass is 10.1. The highest BCUT2D eigenvalue weighted by Crippen LogP contribution is 2.19. The Morgan fingerprint density at radius 1 is 1.00 bits per heavy atom. The molecule has 0 atom stereocenters. The topological polar surface area (TPSA) is 64.1 Å². The van der Waals surface area contributed by atoms with Crippen molar-refractivity contribution in [3.8, 4) is 5.75 Å². The molecule has 134 valence electrons. The Hall–Kier alpha value is -2.73. The van der Waals surface area contributed by atoms with Crippen molar-refractivity contribution in [1.82, 2.24) is 10.2 Å². The first-order valence-electron chi connectivity index (χ1n) is 8.41. The molecule has 0 saturated carbocycles. The van der Waals surface area contributed by atoms with E-state index >= 15 is 0 Å². The van der Waals surface area contributed by atoms with Crippen molar-refractivity contribution >= 4 is 22.4 Å². The summed E-state index contributed by atoms with van der Waals surface area (Å²) in [5, 5.41) is 12.3. The van der Waals surface area contributed by atoms with Crippen LogP contribution in [0.4, 0.5) is 5.13 Å². The molecule has 0 saturated heterocycles. The van der Waals surface area contributed by atoms with Crippen LogP contribution in [0.3, 0.4) is 0 Å². The predicted molar refractivity (Wildman–Crippen MR) is 104 cm³/mol. The third kappa shape index (κ3) is 4.89. The molecule has 0 spiro atoms. The maximum Gasteiger partial charge on any atom is 0.257 e. The molecule has 1 N–H and O–H groups in total. The maximum atomic E-state index is 12.2. The summed E-state index contributed by atoms with van der Waals surface area (Å²) in [5.41, 5.74) is 4.07. The zero-order chi connectivity index (χ0) is 18.5. The third-order valence-corrected chi connectivity index (χ3v) is 4.68. The zero-order valence-corrected chi connectivity index (χ0v) is 15.9. The number of ether oxygens (including phenoxy) is 1. The molecule has 0 aliphatic rings. The molecule has 5 nitrogen and oxygen atoms in total. The van der Waals surface area contributed by atoms with Gasteiger partial charge in [0.2, 0.25) is 5.13 Å². The van der Waals surface area contributed by atoms with Gasteiger partial charge in [0.05, 0.1) is 6.61 Å². The molecule has 0 aliphatic carbocycles. The second-order valence-electron chi connectivity index (χ2n) is 6.24. The van der Waals surface area contributed by atoms with Crippen LogP contribution in [0.1, 0.15) is 32.1 Å². The van der Waals surface area contributed by atoms with Crippen molar-refractivity contribution in [3.63, 3.8) is 0 Å². The van der Waals surface area contributed by atoms with E-state index in [1.165, 1.54) is 22.5 Å². The Bertz CT molecular complexity index is 883. The molecule has 0 radical (unpaired) electrons. The van der Waals surface area contributed by atoms with E-state index in [2.05, 4.69) is 21.6 Å². The fourth-order valence-electron chi connectivity index (χ4n) is 2.55. The number of amides is 1. The van der Waals surface area contributed by atoms with Crippen LogP contribution in [-0.2, 0) is 6.42 Å². The van der Waals surface area contributed by atoms with Gasteiger partial charge in [-0.1, -0.05) is 35.1 Å². The molecule has 0 fully saturated rings. The molecule has 1 heterocycles. The van der Waals surface area contributed by atoms with Crippen LogP contribution in [-0.4, -0.2) is 22.7 Å². The molecular formula is C20H21N3O2S. The van der Waals surface area contributed by atoms with E-state index in [4.69, 9.17) is 4.74 Å². The van der Waals surface area contributed by atoms with Crippen LogP contribution in [0.15, 0.2) is 42.5 Å². The number of aromatic nitrogens is 2. The molecule has 26 heavy (non-hydrogen) atoms. The number of nitrogens with one attached hydrogen (secondary N) is 1. The van der Waals surface area contributed by atoms with Gasteiger partial charge in [-0.25, -0.2) is 0 Å². The van der Waals surface area contributed by atoms with Gasteiger partial charge in [0, 0.05) is 12.0 Å². The molecule has 1 aromatic heterocycles. The van der Waals surface area contributed by atoms with E-state index < -0.39 is 0 Å². The molecule has 2 aromatic carbocycles. The molecule has 0 aliphatic heterocycles. The Morgan fingerprint density at radius 2 is 1.69 bits per heavy atom. The van der Waals surface area contributed by atoms with Crippen LogP contribution in [0.25, 0.3) is 0 Å². The van der Waals surface area contributed by atoms with Crippen LogP contribution in [0.2, 0.25) is 0 Å². The number of nitrogens with zero attached hydrogens (tertiary/aromatic N) is 2. The number of benzene rings is 2. The lowest BCUT2D eigenvalue weighted by Gasteiger charge is -2.07. The average Bonchev–Trinajstić information content (AvgIpc) is 3.02. The number of hydrogen-bond acceptors (Lipinski definition) is 5. The summed E-state index contributed by atoms with van der Waals surface area (Å²) in [6.45, 7) is 6.60. The van der Waals surface area contributed by atoms with Gasteiger partial charge in [-0.05, 0) is 56.2 Å². The quantitative estimate of drug-likeness (QED) is 0.704. The standard InChI is InChI=1S/C20H21N3O2S/c1-13-4-6-16(7-5-13)19(24)21-20-23-22-18(26-20)8-9-25-17-11-14(2)10-15(3)12-17/h4-7,10-12H,8-9H2,1-3H3,(H,21,23,24). The summed E-state index contributed by atoms with van der Waals surface area (Å²) in [5.74, 6) is 0.680. The van der Waals surface area contributed by atoms with Crippen molar-refractivity contribution in [2.75, 3.05) is 11.9 Å². The lowest BCUT2D eigenvalue weighted by Crippen LogP contribution is -2.11. The fraction of sp³-hybridized carbons (Fsp3) is 0.250. The highest BCUT2D eigenvalue weighted by Gasteiger charge is 2.10. The summed E-state index contributed by atoms with van der Waals surface area (Å²) >= 11 is 1.37. The van der Waals surface area contributed by atoms with Gasteiger partial charge in [-0.3, -0.25) is 10.1 Å². The van der Waals surface area contributed by atoms with Gasteiger partial charge in [0.25, 0.3) is 5.91 Å². The van der Waals surface area contributed by atoms with Gasteiger partial charge in [0.1, 0.15) is 10.8 Å². The normalized spacial score (nSPS) is 10.6. The van der Waals surface area contributed by atoms with E-state index in [-0.39, 0.29) is 5.91 Å². The minimum Gasteiger partial charge on any atom is -0.493 e. The third-order valence-electron chi connectivity index (χ3n) is 3.78. The number of carbonyl (C=O) groups is 1. The SMILES string of the molecule is Cc1ccc(C(=O)Nc2nnc(CCOc3cc(C)cc(C)c3)s2)cc1. The molecule has 0 bridgehead atoms. The minimum absolute atomic E-state index is 0.181. The predicted octanol–water partition coefficient (Wildman–Crippen LogP) is 4.34. The summed E-state index contributed by atoms with van der Waals surface area (Å²) in [6, 6.07) is 13.5. The van der Waals surface area contributed by atoms with Crippen LogP contribution in [0, 0.1) is 20.8 Å². The molecular weight excluding hydrogens is 346 g/mol. The van der Waals surface area contributed by atoms with Crippen molar-refractivity contribution in [3.05, 3.63) is 69.7 Å². The van der Waals surface area contributed by atoms with Gasteiger partial charge >= 0.3 is 0 Å². The first kappa shape index (κ1) is 18.1. The monoisotopic (exact) mass is 367 g/mol. The van der Waals surface area contributed by atoms with E-state index in [9.17, 15) is 4.79 Å². The Kier molecular flexibility index (Phi) is 5.63. The van der Waals surface area contributed by atoms with Crippen LogP contribution < -0.4 is 10.1 Å². The van der Waals surface area contributed by atoms with E-state index in [1.807, 2.05) is 45.0 Å².